The van der Waals surface area contributed by atoms with Crippen LogP contribution in [0.2, 0.25) is 0 Å². The van der Waals surface area contributed by atoms with E-state index in [1.54, 1.807) is 36.4 Å². The van der Waals surface area contributed by atoms with E-state index in [0.29, 0.717) is 17.9 Å². The van der Waals surface area contributed by atoms with Crippen molar-refractivity contribution in [3.05, 3.63) is 71.1 Å². The lowest BCUT2D eigenvalue weighted by molar-refractivity contribution is -0.147. The van der Waals surface area contributed by atoms with Crippen LogP contribution in [0.3, 0.4) is 0 Å². The van der Waals surface area contributed by atoms with Gasteiger partial charge in [0.1, 0.15) is 6.04 Å². The number of fused-ring (bicyclic) bond motifs is 1. The predicted molar refractivity (Wildman–Crippen MR) is 123 cm³/mol. The number of ketones is 1. The number of hydrogen-bond donors (Lipinski definition) is 0. The SMILES string of the molecule is C=CCn1c(C)cc(C(=O)COC(=O)[C@H](CCSC)N2C(=O)c3ccccc3C2=O)c1C. The van der Waals surface area contributed by atoms with Crippen LogP contribution in [0.4, 0.5) is 0 Å². The average molecular weight is 455 g/mol. The molecule has 0 spiro atoms. The summed E-state index contributed by atoms with van der Waals surface area (Å²) in [6.45, 7) is 7.55. The minimum atomic E-state index is -1.09. The molecule has 0 saturated heterocycles. The molecule has 1 aromatic heterocycles. The van der Waals surface area contributed by atoms with Gasteiger partial charge in [0, 0.05) is 23.5 Å². The van der Waals surface area contributed by atoms with Gasteiger partial charge in [-0.15, -0.1) is 6.58 Å². The summed E-state index contributed by atoms with van der Waals surface area (Å²) in [5.41, 5.74) is 2.68. The minimum Gasteiger partial charge on any atom is -0.456 e. The molecule has 1 aromatic carbocycles. The summed E-state index contributed by atoms with van der Waals surface area (Å²) < 4.78 is 7.26. The number of carbonyl (C=O) groups is 4. The van der Waals surface area contributed by atoms with E-state index in [2.05, 4.69) is 6.58 Å². The van der Waals surface area contributed by atoms with Crippen molar-refractivity contribution in [1.82, 2.24) is 9.47 Å². The molecule has 1 aliphatic rings. The second kappa shape index (κ2) is 9.99. The molecule has 1 atom stereocenters. The van der Waals surface area contributed by atoms with Gasteiger partial charge in [-0.05, 0) is 50.5 Å². The number of ether oxygens (including phenoxy) is 1. The quantitative estimate of drug-likeness (QED) is 0.237. The number of carbonyl (C=O) groups excluding carboxylic acids is 4. The van der Waals surface area contributed by atoms with Gasteiger partial charge in [-0.2, -0.15) is 11.8 Å². The first-order valence-electron chi connectivity index (χ1n) is 10.2. The summed E-state index contributed by atoms with van der Waals surface area (Å²) in [4.78, 5) is 52.3. The third-order valence-electron chi connectivity index (χ3n) is 5.54. The first kappa shape index (κ1) is 23.5. The van der Waals surface area contributed by atoms with Crippen molar-refractivity contribution >= 4 is 35.3 Å². The van der Waals surface area contributed by atoms with Crippen molar-refractivity contribution in [2.45, 2.75) is 32.9 Å². The standard InChI is InChI=1S/C24H26N2O5S/c1-5-11-25-15(2)13-19(16(25)3)21(27)14-31-24(30)20(10-12-32-4)26-22(28)17-8-6-7-9-18(17)23(26)29/h5-9,13,20H,1,10-12,14H2,2-4H3/t20-/m0/s1. The van der Waals surface area contributed by atoms with Crippen molar-refractivity contribution < 1.29 is 23.9 Å². The van der Waals surface area contributed by atoms with Crippen molar-refractivity contribution in [3.63, 3.8) is 0 Å². The number of esters is 1. The van der Waals surface area contributed by atoms with Gasteiger partial charge in [0.05, 0.1) is 11.1 Å². The first-order valence-corrected chi connectivity index (χ1v) is 11.6. The molecule has 2 amide bonds. The molecule has 0 N–H and O–H groups in total. The predicted octanol–water partition coefficient (Wildman–Crippen LogP) is 3.43. The van der Waals surface area contributed by atoms with Crippen LogP contribution in [0.15, 0.2) is 43.0 Å². The van der Waals surface area contributed by atoms with E-state index in [9.17, 15) is 19.2 Å². The molecule has 32 heavy (non-hydrogen) atoms. The molecule has 0 saturated carbocycles. The van der Waals surface area contributed by atoms with E-state index in [0.717, 1.165) is 16.3 Å². The molecule has 7 nitrogen and oxygen atoms in total. The van der Waals surface area contributed by atoms with E-state index in [4.69, 9.17) is 4.74 Å². The molecule has 0 fully saturated rings. The zero-order chi connectivity index (χ0) is 23.4. The highest BCUT2D eigenvalue weighted by molar-refractivity contribution is 7.98. The summed E-state index contributed by atoms with van der Waals surface area (Å²) >= 11 is 1.49. The average Bonchev–Trinajstić information content (AvgIpc) is 3.21. The fourth-order valence-corrected chi connectivity index (χ4v) is 4.34. The van der Waals surface area contributed by atoms with E-state index < -0.39 is 30.4 Å². The molecule has 1 aliphatic heterocycles. The lowest BCUT2D eigenvalue weighted by atomic mass is 10.1. The van der Waals surface area contributed by atoms with Crippen molar-refractivity contribution in [3.8, 4) is 0 Å². The molecule has 0 bridgehead atoms. The van der Waals surface area contributed by atoms with E-state index in [1.165, 1.54) is 11.8 Å². The van der Waals surface area contributed by atoms with Gasteiger partial charge >= 0.3 is 5.97 Å². The molecular weight excluding hydrogens is 428 g/mol. The highest BCUT2D eigenvalue weighted by Gasteiger charge is 2.43. The van der Waals surface area contributed by atoms with Gasteiger partial charge in [-0.25, -0.2) is 4.79 Å². The Hall–Kier alpha value is -3.13. The van der Waals surface area contributed by atoms with Crippen molar-refractivity contribution in [2.75, 3.05) is 18.6 Å². The van der Waals surface area contributed by atoms with Gasteiger partial charge in [0.25, 0.3) is 11.8 Å². The smallest absolute Gasteiger partial charge is 0.329 e. The molecule has 8 heteroatoms. The summed E-state index contributed by atoms with van der Waals surface area (Å²) in [5, 5.41) is 0. The van der Waals surface area contributed by atoms with Crippen LogP contribution in [-0.4, -0.2) is 57.7 Å². The Morgan fingerprint density at radius 2 is 1.78 bits per heavy atom. The number of rotatable bonds is 10. The number of nitrogens with zero attached hydrogens (tertiary/aromatic N) is 2. The third-order valence-corrected chi connectivity index (χ3v) is 6.18. The minimum absolute atomic E-state index is 0.244. The summed E-state index contributed by atoms with van der Waals surface area (Å²) in [6.07, 6.45) is 3.85. The molecule has 0 radical (unpaired) electrons. The van der Waals surface area contributed by atoms with Gasteiger partial charge < -0.3 is 9.30 Å². The van der Waals surface area contributed by atoms with Crippen LogP contribution in [0.1, 0.15) is 48.9 Å². The number of thioether (sulfide) groups is 1. The monoisotopic (exact) mass is 454 g/mol. The Morgan fingerprint density at radius 3 is 2.34 bits per heavy atom. The first-order chi connectivity index (χ1) is 15.3. The van der Waals surface area contributed by atoms with Gasteiger partial charge in [-0.3, -0.25) is 19.3 Å². The normalized spacial score (nSPS) is 13.8. The lowest BCUT2D eigenvalue weighted by Gasteiger charge is -2.24. The second-order valence-electron chi connectivity index (χ2n) is 7.54. The van der Waals surface area contributed by atoms with Crippen molar-refractivity contribution in [1.29, 1.82) is 0 Å². The Bertz CT molecular complexity index is 1050. The molecular formula is C24H26N2O5S. The number of Topliss-reactive ketones (excluding diaryl/α,β-unsaturated/α-hetero) is 1. The molecule has 0 aliphatic carbocycles. The number of aryl methyl sites for hydroxylation is 1. The fourth-order valence-electron chi connectivity index (χ4n) is 3.88. The molecule has 2 heterocycles. The van der Waals surface area contributed by atoms with Crippen LogP contribution in [0.5, 0.6) is 0 Å². The van der Waals surface area contributed by atoms with Gasteiger partial charge in [0.15, 0.2) is 6.61 Å². The summed E-state index contributed by atoms with van der Waals surface area (Å²) in [5.74, 6) is -1.60. The zero-order valence-corrected chi connectivity index (χ0v) is 19.2. The van der Waals surface area contributed by atoms with Gasteiger partial charge in [-0.1, -0.05) is 18.2 Å². The number of benzene rings is 1. The third kappa shape index (κ3) is 4.41. The summed E-state index contributed by atoms with van der Waals surface area (Å²) in [7, 11) is 0. The maximum absolute atomic E-state index is 12.9. The van der Waals surface area contributed by atoms with Crippen LogP contribution in [0.25, 0.3) is 0 Å². The van der Waals surface area contributed by atoms with Crippen LogP contribution in [-0.2, 0) is 16.1 Å². The number of amides is 2. The largest absolute Gasteiger partial charge is 0.456 e. The van der Waals surface area contributed by atoms with Crippen LogP contribution < -0.4 is 0 Å². The molecule has 2 aromatic rings. The highest BCUT2D eigenvalue weighted by atomic mass is 32.2. The van der Waals surface area contributed by atoms with E-state index >= 15 is 0 Å². The number of imide groups is 1. The van der Waals surface area contributed by atoms with E-state index in [1.807, 2.05) is 24.7 Å². The van der Waals surface area contributed by atoms with E-state index in [-0.39, 0.29) is 23.3 Å². The number of aromatic nitrogens is 1. The number of hydrogen-bond acceptors (Lipinski definition) is 6. The van der Waals surface area contributed by atoms with Gasteiger partial charge in [0.2, 0.25) is 5.78 Å². The lowest BCUT2D eigenvalue weighted by Crippen LogP contribution is -2.46. The Balaban J connectivity index is 1.76. The van der Waals surface area contributed by atoms with Crippen molar-refractivity contribution in [2.24, 2.45) is 0 Å². The maximum atomic E-state index is 12.9. The zero-order valence-electron chi connectivity index (χ0n) is 18.4. The highest BCUT2D eigenvalue weighted by Crippen LogP contribution is 2.27. The Labute approximate surface area is 191 Å². The molecule has 0 unspecified atom stereocenters. The molecule has 168 valence electrons. The topological polar surface area (TPSA) is 85.7 Å². The fraction of sp³-hybridized carbons (Fsp3) is 0.333. The van der Waals surface area contributed by atoms with Crippen LogP contribution in [0, 0.1) is 13.8 Å². The number of allylic oxidation sites excluding steroid dienone is 1. The maximum Gasteiger partial charge on any atom is 0.329 e. The Morgan fingerprint density at radius 1 is 1.16 bits per heavy atom. The summed E-state index contributed by atoms with van der Waals surface area (Å²) in [6, 6.07) is 7.14. The van der Waals surface area contributed by atoms with Crippen LogP contribution >= 0.6 is 11.8 Å². The Kier molecular flexibility index (Phi) is 7.35. The second-order valence-corrected chi connectivity index (χ2v) is 8.52. The molecule has 3 rings (SSSR count).